The van der Waals surface area contributed by atoms with E-state index in [1.54, 1.807) is 24.3 Å². The molecule has 0 radical (unpaired) electrons. The number of carbonyl (C=O) groups is 3. The standard InChI is InChI=1S/C25H22N2O3/c1-16-8-11-20(14-17(16)2)27-24(29)21-12-10-19(15-22(21)25(27)30)26-23(28)13-9-18-6-4-3-5-7-18/h3-8,10-12,14-15H,9,13H2,1-2H3,(H,26,28). The van der Waals surface area contributed by atoms with E-state index in [2.05, 4.69) is 5.32 Å². The quantitative estimate of drug-likeness (QED) is 0.635. The van der Waals surface area contributed by atoms with Crippen LogP contribution >= 0.6 is 0 Å². The van der Waals surface area contributed by atoms with Crippen LogP contribution in [0.1, 0.15) is 43.8 Å². The van der Waals surface area contributed by atoms with Crippen LogP contribution in [0.4, 0.5) is 11.4 Å². The van der Waals surface area contributed by atoms with Gasteiger partial charge in [0.15, 0.2) is 0 Å². The van der Waals surface area contributed by atoms with E-state index in [9.17, 15) is 14.4 Å². The maximum atomic E-state index is 12.9. The number of amides is 3. The van der Waals surface area contributed by atoms with Crippen LogP contribution in [-0.4, -0.2) is 17.7 Å². The van der Waals surface area contributed by atoms with Crippen molar-refractivity contribution in [2.75, 3.05) is 10.2 Å². The first-order chi connectivity index (χ1) is 14.4. The molecule has 0 fully saturated rings. The SMILES string of the molecule is Cc1ccc(N2C(=O)c3ccc(NC(=O)CCc4ccccc4)cc3C2=O)cc1C. The highest BCUT2D eigenvalue weighted by molar-refractivity contribution is 6.34. The lowest BCUT2D eigenvalue weighted by molar-refractivity contribution is -0.116. The number of hydrogen-bond acceptors (Lipinski definition) is 3. The van der Waals surface area contributed by atoms with Gasteiger partial charge in [-0.25, -0.2) is 4.90 Å². The number of nitrogens with one attached hydrogen (secondary N) is 1. The fourth-order valence-corrected chi connectivity index (χ4v) is 3.54. The first-order valence-electron chi connectivity index (χ1n) is 9.88. The molecule has 1 aliphatic rings. The van der Waals surface area contributed by atoms with Gasteiger partial charge in [-0.15, -0.1) is 0 Å². The smallest absolute Gasteiger partial charge is 0.266 e. The van der Waals surface area contributed by atoms with Gasteiger partial charge in [0.1, 0.15) is 0 Å². The van der Waals surface area contributed by atoms with E-state index >= 15 is 0 Å². The lowest BCUT2D eigenvalue weighted by atomic mass is 10.1. The third-order valence-corrected chi connectivity index (χ3v) is 5.40. The maximum absolute atomic E-state index is 12.9. The Morgan fingerprint density at radius 1 is 0.833 bits per heavy atom. The first-order valence-corrected chi connectivity index (χ1v) is 9.88. The summed E-state index contributed by atoms with van der Waals surface area (Å²) in [4.78, 5) is 39.3. The number of fused-ring (bicyclic) bond motifs is 1. The molecule has 0 saturated heterocycles. The molecule has 0 spiro atoms. The van der Waals surface area contributed by atoms with Crippen LogP contribution in [0.3, 0.4) is 0 Å². The van der Waals surface area contributed by atoms with Gasteiger partial charge >= 0.3 is 0 Å². The highest BCUT2D eigenvalue weighted by Crippen LogP contribution is 2.31. The van der Waals surface area contributed by atoms with Gasteiger partial charge in [-0.3, -0.25) is 14.4 Å². The van der Waals surface area contributed by atoms with Crippen molar-refractivity contribution in [1.82, 2.24) is 0 Å². The highest BCUT2D eigenvalue weighted by atomic mass is 16.2. The number of imide groups is 1. The molecule has 5 heteroatoms. The summed E-state index contributed by atoms with van der Waals surface area (Å²) in [5, 5.41) is 2.83. The summed E-state index contributed by atoms with van der Waals surface area (Å²) in [5.74, 6) is -0.861. The second kappa shape index (κ2) is 7.95. The van der Waals surface area contributed by atoms with E-state index in [1.165, 1.54) is 4.90 Å². The van der Waals surface area contributed by atoms with Crippen molar-refractivity contribution >= 4 is 29.1 Å². The van der Waals surface area contributed by atoms with Crippen molar-refractivity contribution in [3.63, 3.8) is 0 Å². The summed E-state index contributed by atoms with van der Waals surface area (Å²) < 4.78 is 0. The monoisotopic (exact) mass is 398 g/mol. The van der Waals surface area contributed by atoms with E-state index < -0.39 is 0 Å². The molecule has 0 unspecified atom stereocenters. The molecule has 1 heterocycles. The molecule has 0 saturated carbocycles. The summed E-state index contributed by atoms with van der Waals surface area (Å²) in [6, 6.07) is 20.1. The molecule has 0 aliphatic carbocycles. The van der Waals surface area contributed by atoms with Gasteiger partial charge in [-0.05, 0) is 67.3 Å². The van der Waals surface area contributed by atoms with Crippen molar-refractivity contribution in [3.05, 3.63) is 94.5 Å². The van der Waals surface area contributed by atoms with E-state index in [1.807, 2.05) is 56.3 Å². The molecule has 150 valence electrons. The largest absolute Gasteiger partial charge is 0.326 e. The Kier molecular flexibility index (Phi) is 5.19. The van der Waals surface area contributed by atoms with Crippen LogP contribution in [0.25, 0.3) is 0 Å². The van der Waals surface area contributed by atoms with Crippen molar-refractivity contribution in [2.45, 2.75) is 26.7 Å². The summed E-state index contributed by atoms with van der Waals surface area (Å²) in [7, 11) is 0. The van der Waals surface area contributed by atoms with Gasteiger partial charge in [0.2, 0.25) is 5.91 Å². The van der Waals surface area contributed by atoms with Gasteiger partial charge < -0.3 is 5.32 Å². The number of rotatable bonds is 5. The molecular formula is C25H22N2O3. The average Bonchev–Trinajstić information content (AvgIpc) is 2.99. The molecule has 1 N–H and O–H groups in total. The van der Waals surface area contributed by atoms with Crippen LogP contribution in [-0.2, 0) is 11.2 Å². The molecule has 3 aromatic rings. The summed E-state index contributed by atoms with van der Waals surface area (Å²) in [5.41, 5.74) is 4.91. The highest BCUT2D eigenvalue weighted by Gasteiger charge is 2.37. The predicted molar refractivity (Wildman–Crippen MR) is 117 cm³/mol. The van der Waals surface area contributed by atoms with Crippen molar-refractivity contribution in [2.24, 2.45) is 0 Å². The van der Waals surface area contributed by atoms with Crippen LogP contribution < -0.4 is 10.2 Å². The average molecular weight is 398 g/mol. The minimum Gasteiger partial charge on any atom is -0.326 e. The van der Waals surface area contributed by atoms with Gasteiger partial charge in [0, 0.05) is 12.1 Å². The van der Waals surface area contributed by atoms with Gasteiger partial charge in [0.25, 0.3) is 11.8 Å². The molecule has 5 nitrogen and oxygen atoms in total. The van der Waals surface area contributed by atoms with E-state index in [-0.39, 0.29) is 17.7 Å². The fraction of sp³-hybridized carbons (Fsp3) is 0.160. The van der Waals surface area contributed by atoms with E-state index in [0.717, 1.165) is 16.7 Å². The normalized spacial score (nSPS) is 12.8. The Bertz CT molecular complexity index is 1150. The number of carbonyl (C=O) groups excluding carboxylic acids is 3. The molecule has 3 aromatic carbocycles. The third-order valence-electron chi connectivity index (χ3n) is 5.40. The van der Waals surface area contributed by atoms with E-state index in [0.29, 0.717) is 35.3 Å². The topological polar surface area (TPSA) is 66.5 Å². The van der Waals surface area contributed by atoms with Crippen LogP contribution in [0, 0.1) is 13.8 Å². The molecule has 4 rings (SSSR count). The second-order valence-corrected chi connectivity index (χ2v) is 7.51. The Morgan fingerprint density at radius 2 is 1.57 bits per heavy atom. The molecule has 1 aliphatic heterocycles. The molecule has 3 amide bonds. The zero-order valence-corrected chi connectivity index (χ0v) is 16.9. The molecule has 30 heavy (non-hydrogen) atoms. The minimum atomic E-state index is -0.376. The minimum absolute atomic E-state index is 0.137. The zero-order chi connectivity index (χ0) is 21.3. The Morgan fingerprint density at radius 3 is 2.30 bits per heavy atom. The summed E-state index contributed by atoms with van der Waals surface area (Å²) in [6.45, 7) is 3.92. The molecular weight excluding hydrogens is 376 g/mol. The summed E-state index contributed by atoms with van der Waals surface area (Å²) in [6.07, 6.45) is 0.971. The number of anilines is 2. The second-order valence-electron chi connectivity index (χ2n) is 7.51. The number of nitrogens with zero attached hydrogens (tertiary/aromatic N) is 1. The number of aryl methyl sites for hydroxylation is 3. The Hall–Kier alpha value is -3.73. The van der Waals surface area contributed by atoms with Crippen molar-refractivity contribution < 1.29 is 14.4 Å². The lowest BCUT2D eigenvalue weighted by Gasteiger charge is -2.15. The number of benzene rings is 3. The maximum Gasteiger partial charge on any atom is 0.266 e. The summed E-state index contributed by atoms with van der Waals surface area (Å²) >= 11 is 0. The molecule has 0 aromatic heterocycles. The number of hydrogen-bond donors (Lipinski definition) is 1. The predicted octanol–water partition coefficient (Wildman–Crippen LogP) is 4.68. The van der Waals surface area contributed by atoms with Crippen LogP contribution in [0.15, 0.2) is 66.7 Å². The van der Waals surface area contributed by atoms with Gasteiger partial charge in [0.05, 0.1) is 16.8 Å². The van der Waals surface area contributed by atoms with E-state index in [4.69, 9.17) is 0 Å². The first kappa shape index (κ1) is 19.6. The fourth-order valence-electron chi connectivity index (χ4n) is 3.54. The molecule has 0 bridgehead atoms. The van der Waals surface area contributed by atoms with Gasteiger partial charge in [-0.1, -0.05) is 36.4 Å². The van der Waals surface area contributed by atoms with Crippen molar-refractivity contribution in [3.8, 4) is 0 Å². The third kappa shape index (κ3) is 3.74. The Balaban J connectivity index is 1.50. The van der Waals surface area contributed by atoms with Crippen molar-refractivity contribution in [1.29, 1.82) is 0 Å². The molecule has 0 atom stereocenters. The van der Waals surface area contributed by atoms with Crippen LogP contribution in [0.2, 0.25) is 0 Å². The van der Waals surface area contributed by atoms with Gasteiger partial charge in [-0.2, -0.15) is 0 Å². The lowest BCUT2D eigenvalue weighted by Crippen LogP contribution is -2.29. The Labute approximate surface area is 175 Å². The van der Waals surface area contributed by atoms with Crippen LogP contribution in [0.5, 0.6) is 0 Å². The zero-order valence-electron chi connectivity index (χ0n) is 16.9.